The number of hydrogen-bond acceptors (Lipinski definition) is 6. The second kappa shape index (κ2) is 7.51. The molecule has 0 bridgehead atoms. The monoisotopic (exact) mass is 295 g/mol. The molecule has 1 aromatic rings. The van der Waals surface area contributed by atoms with Gasteiger partial charge in [-0.25, -0.2) is 0 Å². The third kappa shape index (κ3) is 5.09. The molecular weight excluding hydrogens is 270 g/mol. The second-order valence-corrected chi connectivity index (χ2v) is 5.77. The van der Waals surface area contributed by atoms with E-state index < -0.39 is 0 Å². The smallest absolute Gasteiger partial charge is 0.236 e. The van der Waals surface area contributed by atoms with Crippen molar-refractivity contribution in [2.24, 2.45) is 0 Å². The van der Waals surface area contributed by atoms with Gasteiger partial charge < -0.3 is 14.7 Å². The molecule has 0 aliphatic carbocycles. The number of hydrogen-bond donors (Lipinski definition) is 1. The van der Waals surface area contributed by atoms with Crippen LogP contribution in [0, 0.1) is 6.92 Å². The molecule has 1 N–H and O–H groups in total. The maximum absolute atomic E-state index is 11.7. The van der Waals surface area contributed by atoms with Crippen molar-refractivity contribution in [3.63, 3.8) is 0 Å². The molecule has 0 aromatic carbocycles. The number of aromatic nitrogens is 2. The maximum Gasteiger partial charge on any atom is 0.236 e. The van der Waals surface area contributed by atoms with Gasteiger partial charge in [-0.2, -0.15) is 4.98 Å². The number of likely N-dealkylation sites (tertiary alicyclic amines) is 1. The highest BCUT2D eigenvalue weighted by molar-refractivity contribution is 5.77. The first-order valence-corrected chi connectivity index (χ1v) is 7.49. The quantitative estimate of drug-likeness (QED) is 0.800. The van der Waals surface area contributed by atoms with Crippen LogP contribution in [0.5, 0.6) is 0 Å². The van der Waals surface area contributed by atoms with Crippen LogP contribution in [0.4, 0.5) is 0 Å². The molecule has 2 rings (SSSR count). The predicted molar refractivity (Wildman–Crippen MR) is 78.9 cm³/mol. The highest BCUT2D eigenvalue weighted by atomic mass is 16.5. The van der Waals surface area contributed by atoms with Crippen molar-refractivity contribution in [1.82, 2.24) is 25.3 Å². The van der Waals surface area contributed by atoms with Crippen LogP contribution in [0.2, 0.25) is 0 Å². The number of piperidine rings is 1. The molecule has 0 saturated carbocycles. The molecule has 0 atom stereocenters. The number of nitrogens with zero attached hydrogens (tertiary/aromatic N) is 4. The molecule has 1 saturated heterocycles. The van der Waals surface area contributed by atoms with Gasteiger partial charge in [-0.05, 0) is 12.8 Å². The van der Waals surface area contributed by atoms with E-state index in [1.807, 2.05) is 0 Å². The van der Waals surface area contributed by atoms with E-state index >= 15 is 0 Å². The van der Waals surface area contributed by atoms with Crippen LogP contribution in [0.1, 0.15) is 24.6 Å². The van der Waals surface area contributed by atoms with E-state index in [2.05, 4.69) is 20.4 Å². The van der Waals surface area contributed by atoms with E-state index in [1.54, 1.807) is 25.9 Å². The summed E-state index contributed by atoms with van der Waals surface area (Å²) in [6.07, 6.45) is 2.94. The molecule has 7 nitrogen and oxygen atoms in total. The molecule has 2 heterocycles. The Hall–Kier alpha value is -1.47. The highest BCUT2D eigenvalue weighted by Gasteiger charge is 2.20. The summed E-state index contributed by atoms with van der Waals surface area (Å²) in [4.78, 5) is 19.7. The molecule has 21 heavy (non-hydrogen) atoms. The molecule has 1 aliphatic heterocycles. The number of rotatable bonds is 6. The Morgan fingerprint density at radius 3 is 2.71 bits per heavy atom. The number of likely N-dealkylation sites (N-methyl/N-ethyl adjacent to an activating group) is 1. The van der Waals surface area contributed by atoms with Crippen molar-refractivity contribution in [2.45, 2.75) is 32.2 Å². The first-order valence-electron chi connectivity index (χ1n) is 7.49. The van der Waals surface area contributed by atoms with Gasteiger partial charge in [0.05, 0.1) is 6.54 Å². The predicted octanol–water partition coefficient (Wildman–Crippen LogP) is 0.0627. The van der Waals surface area contributed by atoms with Crippen LogP contribution in [-0.4, -0.2) is 72.2 Å². The lowest BCUT2D eigenvalue weighted by atomic mass is 10.0. The summed E-state index contributed by atoms with van der Waals surface area (Å²) < 4.78 is 4.95. The number of carbonyl (C=O) groups excluding carboxylic acids is 1. The topological polar surface area (TPSA) is 74.5 Å². The highest BCUT2D eigenvalue weighted by Crippen LogP contribution is 2.10. The van der Waals surface area contributed by atoms with Crippen molar-refractivity contribution in [2.75, 3.05) is 40.3 Å². The van der Waals surface area contributed by atoms with Gasteiger partial charge in [-0.3, -0.25) is 9.69 Å². The van der Waals surface area contributed by atoms with E-state index in [9.17, 15) is 4.79 Å². The molecule has 1 aliphatic rings. The summed E-state index contributed by atoms with van der Waals surface area (Å²) in [5, 5.41) is 7.42. The Morgan fingerprint density at radius 1 is 1.43 bits per heavy atom. The fraction of sp³-hybridized carbons (Fsp3) is 0.786. The summed E-state index contributed by atoms with van der Waals surface area (Å²) in [7, 11) is 3.60. The Bertz CT molecular complexity index is 452. The zero-order valence-corrected chi connectivity index (χ0v) is 13.1. The second-order valence-electron chi connectivity index (χ2n) is 5.77. The SMILES string of the molecule is Cc1nc(CCNC2CCN(CC(=O)N(C)C)CC2)no1. The van der Waals surface area contributed by atoms with Crippen LogP contribution < -0.4 is 5.32 Å². The largest absolute Gasteiger partial charge is 0.348 e. The maximum atomic E-state index is 11.7. The number of nitrogens with one attached hydrogen (secondary N) is 1. The Labute approximate surface area is 125 Å². The average molecular weight is 295 g/mol. The molecule has 1 fully saturated rings. The van der Waals surface area contributed by atoms with Crippen molar-refractivity contribution in [1.29, 1.82) is 0 Å². The minimum atomic E-state index is 0.175. The Balaban J connectivity index is 1.62. The van der Waals surface area contributed by atoms with Crippen molar-refractivity contribution >= 4 is 5.91 Å². The van der Waals surface area contributed by atoms with E-state index in [0.717, 1.165) is 44.7 Å². The van der Waals surface area contributed by atoms with E-state index in [1.165, 1.54) is 0 Å². The Morgan fingerprint density at radius 2 is 2.14 bits per heavy atom. The normalized spacial score (nSPS) is 17.1. The van der Waals surface area contributed by atoms with Crippen LogP contribution in [0.3, 0.4) is 0 Å². The van der Waals surface area contributed by atoms with Crippen LogP contribution in [0.15, 0.2) is 4.52 Å². The molecule has 0 radical (unpaired) electrons. The number of amides is 1. The zero-order valence-electron chi connectivity index (χ0n) is 13.1. The molecular formula is C14H25N5O2. The molecule has 0 spiro atoms. The van der Waals surface area contributed by atoms with Gasteiger partial charge in [0.25, 0.3) is 0 Å². The lowest BCUT2D eigenvalue weighted by Gasteiger charge is -2.32. The first kappa shape index (κ1) is 15.9. The number of carbonyl (C=O) groups is 1. The third-order valence-electron chi connectivity index (χ3n) is 3.80. The van der Waals surface area contributed by atoms with Crippen LogP contribution in [0.25, 0.3) is 0 Å². The molecule has 0 unspecified atom stereocenters. The van der Waals surface area contributed by atoms with Crippen LogP contribution in [-0.2, 0) is 11.2 Å². The fourth-order valence-electron chi connectivity index (χ4n) is 2.46. The average Bonchev–Trinajstić information content (AvgIpc) is 2.86. The van der Waals surface area contributed by atoms with Gasteiger partial charge in [-0.1, -0.05) is 5.16 Å². The zero-order chi connectivity index (χ0) is 15.2. The summed E-state index contributed by atoms with van der Waals surface area (Å²) in [5.41, 5.74) is 0. The standard InChI is InChI=1S/C14H25N5O2/c1-11-16-13(17-21-11)4-7-15-12-5-8-19(9-6-12)10-14(20)18(2)3/h12,15H,4-10H2,1-3H3. The van der Waals surface area contributed by atoms with Crippen molar-refractivity contribution in [3.05, 3.63) is 11.7 Å². The van der Waals surface area contributed by atoms with Gasteiger partial charge >= 0.3 is 0 Å². The summed E-state index contributed by atoms with van der Waals surface area (Å²) in [6.45, 7) is 5.13. The molecule has 7 heteroatoms. The summed E-state index contributed by atoms with van der Waals surface area (Å²) in [5.74, 6) is 1.55. The van der Waals surface area contributed by atoms with Gasteiger partial charge in [0, 0.05) is 53.1 Å². The van der Waals surface area contributed by atoms with Crippen LogP contribution >= 0.6 is 0 Å². The van der Waals surface area contributed by atoms with E-state index in [-0.39, 0.29) is 5.91 Å². The third-order valence-corrected chi connectivity index (χ3v) is 3.80. The van der Waals surface area contributed by atoms with Gasteiger partial charge in [0.2, 0.25) is 11.8 Å². The first-order chi connectivity index (χ1) is 10.0. The van der Waals surface area contributed by atoms with Crippen molar-refractivity contribution in [3.8, 4) is 0 Å². The minimum Gasteiger partial charge on any atom is -0.348 e. The molecule has 1 amide bonds. The van der Waals surface area contributed by atoms with Gasteiger partial charge in [0.15, 0.2) is 5.82 Å². The lowest BCUT2D eigenvalue weighted by Crippen LogP contribution is -2.46. The Kier molecular flexibility index (Phi) is 5.69. The van der Waals surface area contributed by atoms with Crippen molar-refractivity contribution < 1.29 is 9.32 Å². The molecule has 118 valence electrons. The molecule has 1 aromatic heterocycles. The van der Waals surface area contributed by atoms with E-state index in [4.69, 9.17) is 4.52 Å². The summed E-state index contributed by atoms with van der Waals surface area (Å²) in [6, 6.07) is 0.517. The summed E-state index contributed by atoms with van der Waals surface area (Å²) >= 11 is 0. The van der Waals surface area contributed by atoms with Gasteiger partial charge in [-0.15, -0.1) is 0 Å². The fourth-order valence-corrected chi connectivity index (χ4v) is 2.46. The lowest BCUT2D eigenvalue weighted by molar-refractivity contribution is -0.130. The minimum absolute atomic E-state index is 0.175. The van der Waals surface area contributed by atoms with Gasteiger partial charge in [0.1, 0.15) is 0 Å². The van der Waals surface area contributed by atoms with E-state index in [0.29, 0.717) is 18.5 Å². The number of aryl methyl sites for hydroxylation is 1.